The molecule has 3 aromatic rings. The molecule has 0 saturated carbocycles. The number of aromatic amines is 1. The number of carbonyl (C=O) groups is 1. The van der Waals surface area contributed by atoms with Crippen LogP contribution in [-0.4, -0.2) is 30.8 Å². The number of aromatic nitrogens is 4. The highest BCUT2D eigenvalue weighted by Crippen LogP contribution is 2.34. The van der Waals surface area contributed by atoms with E-state index in [1.807, 2.05) is 26.8 Å². The number of imidazole rings is 1. The van der Waals surface area contributed by atoms with Crippen LogP contribution >= 0.6 is 0 Å². The van der Waals surface area contributed by atoms with Gasteiger partial charge in [-0.2, -0.15) is 9.78 Å². The minimum Gasteiger partial charge on any atom is -0.492 e. The SMILES string of the molecule is C#COC(=O)c1nn(-c2ccccc2)c(O)c1N=Nc1ncc(C(C)(C)C)[nH]1. The van der Waals surface area contributed by atoms with Gasteiger partial charge in [0.1, 0.15) is 6.11 Å². The van der Waals surface area contributed by atoms with Crippen LogP contribution in [0.4, 0.5) is 11.6 Å². The summed E-state index contributed by atoms with van der Waals surface area (Å²) < 4.78 is 5.69. The Morgan fingerprint density at radius 2 is 2.00 bits per heavy atom. The largest absolute Gasteiger partial charge is 0.492 e. The number of rotatable bonds is 4. The van der Waals surface area contributed by atoms with Crippen LogP contribution in [0, 0.1) is 12.5 Å². The summed E-state index contributed by atoms with van der Waals surface area (Å²) in [5.74, 6) is -1.11. The lowest BCUT2D eigenvalue weighted by Crippen LogP contribution is -2.10. The predicted octanol–water partition coefficient (Wildman–Crippen LogP) is 3.76. The highest BCUT2D eigenvalue weighted by molar-refractivity contribution is 5.94. The van der Waals surface area contributed by atoms with Crippen LogP contribution in [0.2, 0.25) is 0 Å². The number of aromatic hydroxyl groups is 1. The number of H-pyrrole nitrogens is 1. The lowest BCUT2D eigenvalue weighted by atomic mass is 9.93. The number of terminal acetylenes is 1. The molecule has 2 N–H and O–H groups in total. The molecule has 2 heterocycles. The second-order valence-corrected chi connectivity index (χ2v) is 6.85. The van der Waals surface area contributed by atoms with Crippen molar-refractivity contribution < 1.29 is 14.6 Å². The first kappa shape index (κ1) is 18.8. The molecule has 0 fully saturated rings. The molecule has 0 bridgehead atoms. The second kappa shape index (κ2) is 7.36. The number of hydrogen-bond acceptors (Lipinski definition) is 7. The maximum Gasteiger partial charge on any atom is 0.375 e. The van der Waals surface area contributed by atoms with Crippen molar-refractivity contribution in [2.24, 2.45) is 10.2 Å². The summed E-state index contributed by atoms with van der Waals surface area (Å²) in [4.78, 5) is 19.3. The number of hydrogen-bond donors (Lipinski definition) is 2. The normalized spacial score (nSPS) is 11.5. The number of ether oxygens (including phenoxy) is 1. The molecule has 0 atom stereocenters. The summed E-state index contributed by atoms with van der Waals surface area (Å²) in [5, 5.41) is 22.5. The minimum atomic E-state index is -0.934. The average molecular weight is 378 g/mol. The van der Waals surface area contributed by atoms with Gasteiger partial charge in [0, 0.05) is 11.1 Å². The van der Waals surface area contributed by atoms with Gasteiger partial charge in [0.05, 0.1) is 11.9 Å². The molecule has 0 saturated heterocycles. The Morgan fingerprint density at radius 1 is 1.29 bits per heavy atom. The van der Waals surface area contributed by atoms with E-state index in [9.17, 15) is 9.90 Å². The van der Waals surface area contributed by atoms with Crippen LogP contribution in [0.15, 0.2) is 46.8 Å². The fraction of sp³-hybridized carbons (Fsp3) is 0.211. The third kappa shape index (κ3) is 3.76. The maximum atomic E-state index is 12.1. The Balaban J connectivity index is 2.03. The Hall–Kier alpha value is -3.93. The summed E-state index contributed by atoms with van der Waals surface area (Å²) in [7, 11) is 0. The van der Waals surface area contributed by atoms with Gasteiger partial charge in [0.25, 0.3) is 0 Å². The van der Waals surface area contributed by atoms with Crippen molar-refractivity contribution in [2.75, 3.05) is 0 Å². The molecular formula is C19H18N6O3. The number of para-hydroxylation sites is 1. The molecule has 1 aromatic carbocycles. The number of azo groups is 1. The van der Waals surface area contributed by atoms with Gasteiger partial charge in [-0.15, -0.1) is 10.2 Å². The standard InChI is InChI=1S/C19H18N6O3/c1-5-28-17(27)15-14(16(26)25(24-15)12-9-7-6-8-10-12)22-23-18-20-11-13(21-18)19(2,3)4/h1,6-11,26H,2-4H3,(H,20,21). The van der Waals surface area contributed by atoms with Gasteiger partial charge in [-0.05, 0) is 12.1 Å². The van der Waals surface area contributed by atoms with Crippen molar-refractivity contribution in [1.29, 1.82) is 0 Å². The number of nitrogens with zero attached hydrogens (tertiary/aromatic N) is 5. The van der Waals surface area contributed by atoms with Gasteiger partial charge in [0.2, 0.25) is 17.5 Å². The van der Waals surface area contributed by atoms with Crippen LogP contribution < -0.4 is 0 Å². The molecule has 0 amide bonds. The van der Waals surface area contributed by atoms with Crippen molar-refractivity contribution >= 4 is 17.6 Å². The molecule has 0 radical (unpaired) electrons. The van der Waals surface area contributed by atoms with E-state index in [1.54, 1.807) is 36.6 Å². The predicted molar refractivity (Wildman–Crippen MR) is 101 cm³/mol. The van der Waals surface area contributed by atoms with Crippen molar-refractivity contribution in [3.63, 3.8) is 0 Å². The van der Waals surface area contributed by atoms with E-state index in [0.717, 1.165) is 10.4 Å². The molecule has 3 rings (SSSR count). The highest BCUT2D eigenvalue weighted by atomic mass is 16.5. The van der Waals surface area contributed by atoms with Gasteiger partial charge in [0.15, 0.2) is 5.69 Å². The van der Waals surface area contributed by atoms with Gasteiger partial charge in [-0.1, -0.05) is 45.4 Å². The van der Waals surface area contributed by atoms with Gasteiger partial charge >= 0.3 is 5.97 Å². The Kier molecular flexibility index (Phi) is 4.96. The molecule has 142 valence electrons. The first-order valence-electron chi connectivity index (χ1n) is 8.32. The second-order valence-electron chi connectivity index (χ2n) is 6.85. The lowest BCUT2D eigenvalue weighted by molar-refractivity contribution is 0.0685. The highest BCUT2D eigenvalue weighted by Gasteiger charge is 2.25. The zero-order valence-corrected chi connectivity index (χ0v) is 15.5. The van der Waals surface area contributed by atoms with Crippen LogP contribution in [0.5, 0.6) is 5.88 Å². The van der Waals surface area contributed by atoms with Crippen molar-refractivity contribution in [3.05, 3.63) is 47.9 Å². The molecular weight excluding hydrogens is 360 g/mol. The van der Waals surface area contributed by atoms with E-state index < -0.39 is 5.97 Å². The summed E-state index contributed by atoms with van der Waals surface area (Å²) >= 11 is 0. The monoisotopic (exact) mass is 378 g/mol. The summed E-state index contributed by atoms with van der Waals surface area (Å²) in [6.07, 6.45) is 8.45. The molecule has 0 aliphatic carbocycles. The Morgan fingerprint density at radius 3 is 2.61 bits per heavy atom. The van der Waals surface area contributed by atoms with E-state index in [2.05, 4.69) is 30.0 Å². The fourth-order valence-electron chi connectivity index (χ4n) is 2.32. The van der Waals surface area contributed by atoms with Crippen molar-refractivity contribution in [3.8, 4) is 24.1 Å². The minimum absolute atomic E-state index is 0.150. The molecule has 9 nitrogen and oxygen atoms in total. The van der Waals surface area contributed by atoms with Gasteiger partial charge in [-0.3, -0.25) is 0 Å². The first-order valence-corrected chi connectivity index (χ1v) is 8.32. The average Bonchev–Trinajstić information content (AvgIpc) is 3.26. The third-order valence-corrected chi connectivity index (χ3v) is 3.80. The quantitative estimate of drug-likeness (QED) is 0.407. The van der Waals surface area contributed by atoms with E-state index >= 15 is 0 Å². The van der Waals surface area contributed by atoms with Crippen LogP contribution in [0.1, 0.15) is 37.0 Å². The number of esters is 1. The summed E-state index contributed by atoms with van der Waals surface area (Å²) in [6.45, 7) is 6.06. The Bertz CT molecular complexity index is 1070. The zero-order valence-electron chi connectivity index (χ0n) is 15.5. The smallest absolute Gasteiger partial charge is 0.375 e. The van der Waals surface area contributed by atoms with Gasteiger partial charge < -0.3 is 14.8 Å². The Labute approximate surface area is 161 Å². The van der Waals surface area contributed by atoms with E-state index in [-0.39, 0.29) is 28.6 Å². The van der Waals surface area contributed by atoms with E-state index in [1.165, 1.54) is 0 Å². The molecule has 2 aromatic heterocycles. The molecule has 0 aliphatic heterocycles. The molecule has 9 heteroatoms. The third-order valence-electron chi connectivity index (χ3n) is 3.80. The number of benzene rings is 1. The topological polar surface area (TPSA) is 118 Å². The molecule has 0 spiro atoms. The van der Waals surface area contributed by atoms with E-state index in [0.29, 0.717) is 5.69 Å². The maximum absolute atomic E-state index is 12.1. The van der Waals surface area contributed by atoms with Crippen LogP contribution in [-0.2, 0) is 10.2 Å². The molecule has 28 heavy (non-hydrogen) atoms. The molecule has 0 aliphatic rings. The van der Waals surface area contributed by atoms with Crippen molar-refractivity contribution in [1.82, 2.24) is 19.7 Å². The van der Waals surface area contributed by atoms with Crippen LogP contribution in [0.25, 0.3) is 5.69 Å². The van der Waals surface area contributed by atoms with Gasteiger partial charge in [-0.25, -0.2) is 9.78 Å². The molecule has 0 unspecified atom stereocenters. The van der Waals surface area contributed by atoms with E-state index in [4.69, 9.17) is 6.42 Å². The van der Waals surface area contributed by atoms with Crippen molar-refractivity contribution in [2.45, 2.75) is 26.2 Å². The zero-order chi connectivity index (χ0) is 20.3. The lowest BCUT2D eigenvalue weighted by Gasteiger charge is -2.14. The number of carbonyl (C=O) groups excluding carboxylic acids is 1. The van der Waals surface area contributed by atoms with Crippen LogP contribution in [0.3, 0.4) is 0 Å². The summed E-state index contributed by atoms with van der Waals surface area (Å²) in [5.41, 5.74) is 0.772. The first-order chi connectivity index (χ1) is 13.3. The number of nitrogens with one attached hydrogen (secondary N) is 1. The fourth-order valence-corrected chi connectivity index (χ4v) is 2.32. The summed E-state index contributed by atoms with van der Waals surface area (Å²) in [6, 6.07) is 8.72.